The van der Waals surface area contributed by atoms with E-state index in [1.807, 2.05) is 24.3 Å². The van der Waals surface area contributed by atoms with E-state index in [9.17, 15) is 9.90 Å². The van der Waals surface area contributed by atoms with Gasteiger partial charge in [-0.05, 0) is 64.9 Å². The van der Waals surface area contributed by atoms with Crippen LogP contribution in [0.4, 0.5) is 5.69 Å². The molecule has 0 aliphatic carbocycles. The monoisotopic (exact) mass is 577 g/mol. The van der Waals surface area contributed by atoms with E-state index in [0.717, 1.165) is 20.6 Å². The Bertz CT molecular complexity index is 1060. The van der Waals surface area contributed by atoms with Crippen LogP contribution >= 0.6 is 22.6 Å². The number of halogens is 1. The number of carbonyl (C=O) groups is 1. The molecule has 0 radical (unpaired) electrons. The van der Waals surface area contributed by atoms with Crippen molar-refractivity contribution in [2.45, 2.75) is 43.7 Å². The van der Waals surface area contributed by atoms with Crippen LogP contribution in [0.2, 0.25) is 18.6 Å². The molecule has 0 unspecified atom stereocenters. The van der Waals surface area contributed by atoms with E-state index in [1.54, 1.807) is 18.1 Å². The van der Waals surface area contributed by atoms with E-state index in [1.165, 1.54) is 5.19 Å². The average Bonchev–Trinajstić information content (AvgIpc) is 3.21. The molecule has 176 valence electrons. The number of methoxy groups -OCH3 is 1. The standard InChI is InChI=1S/C26H32INO4Si/c1-6-14-28-22-12-7-18(27)16-21(22)26(25(28)30)17(2)24(23(32-26)13-15-29)33(4,5)20-10-8-19(31-3)9-11-20/h6-12,16-17,23-24,29H,1,13-15H2,2-5H3/t17-,23+,24-,26+/m0/s1. The molecular weight excluding hydrogens is 545 g/mol. The highest BCUT2D eigenvalue weighted by Crippen LogP contribution is 2.59. The van der Waals surface area contributed by atoms with Gasteiger partial charge in [0.25, 0.3) is 5.91 Å². The summed E-state index contributed by atoms with van der Waals surface area (Å²) in [5, 5.41) is 11.2. The van der Waals surface area contributed by atoms with Gasteiger partial charge >= 0.3 is 0 Å². The Hall–Kier alpha value is -1.68. The number of aliphatic hydroxyl groups excluding tert-OH is 1. The lowest BCUT2D eigenvalue weighted by Crippen LogP contribution is -2.51. The van der Waals surface area contributed by atoms with Gasteiger partial charge in [-0.25, -0.2) is 0 Å². The number of benzene rings is 2. The summed E-state index contributed by atoms with van der Waals surface area (Å²) in [6.45, 7) is 11.2. The number of anilines is 1. The molecule has 5 nitrogen and oxygen atoms in total. The predicted octanol–water partition coefficient (Wildman–Crippen LogP) is 4.43. The van der Waals surface area contributed by atoms with Gasteiger partial charge in [-0.2, -0.15) is 0 Å². The van der Waals surface area contributed by atoms with Crippen molar-refractivity contribution in [2.24, 2.45) is 5.92 Å². The van der Waals surface area contributed by atoms with Gasteiger partial charge in [0.05, 0.1) is 27.0 Å². The number of hydrogen-bond acceptors (Lipinski definition) is 4. The number of ether oxygens (including phenoxy) is 2. The van der Waals surface area contributed by atoms with Crippen LogP contribution in [0.1, 0.15) is 18.9 Å². The first kappa shape index (κ1) is 24.4. The maximum Gasteiger partial charge on any atom is 0.264 e. The smallest absolute Gasteiger partial charge is 0.264 e. The Morgan fingerprint density at radius 2 is 1.97 bits per heavy atom. The van der Waals surface area contributed by atoms with Gasteiger partial charge in [-0.3, -0.25) is 4.79 Å². The molecule has 2 aromatic rings. The molecule has 4 atom stereocenters. The maximum absolute atomic E-state index is 14.0. The normalized spacial score (nSPS) is 26.7. The Morgan fingerprint density at radius 1 is 1.27 bits per heavy atom. The summed E-state index contributed by atoms with van der Waals surface area (Å²) >= 11 is 2.30. The third kappa shape index (κ3) is 3.77. The molecule has 1 fully saturated rings. The maximum atomic E-state index is 14.0. The predicted molar refractivity (Wildman–Crippen MR) is 143 cm³/mol. The van der Waals surface area contributed by atoms with E-state index in [0.29, 0.717) is 13.0 Å². The van der Waals surface area contributed by atoms with Crippen LogP contribution in [0, 0.1) is 9.49 Å². The van der Waals surface area contributed by atoms with E-state index < -0.39 is 13.7 Å². The average molecular weight is 578 g/mol. The van der Waals surface area contributed by atoms with Gasteiger partial charge < -0.3 is 19.5 Å². The molecule has 2 aliphatic rings. The van der Waals surface area contributed by atoms with Gasteiger partial charge in [0.2, 0.25) is 0 Å². The summed E-state index contributed by atoms with van der Waals surface area (Å²) in [4.78, 5) is 15.8. The minimum atomic E-state index is -2.13. The van der Waals surface area contributed by atoms with E-state index in [2.05, 4.69) is 67.4 Å². The fourth-order valence-electron chi connectivity index (χ4n) is 5.99. The molecule has 2 aromatic carbocycles. The molecule has 0 saturated carbocycles. The van der Waals surface area contributed by atoms with Crippen molar-refractivity contribution in [1.29, 1.82) is 0 Å². The van der Waals surface area contributed by atoms with Gasteiger partial charge in [-0.1, -0.05) is 43.4 Å². The van der Waals surface area contributed by atoms with Crippen molar-refractivity contribution in [1.82, 2.24) is 0 Å². The lowest BCUT2D eigenvalue weighted by molar-refractivity contribution is -0.146. The van der Waals surface area contributed by atoms with Crippen LogP contribution in [-0.4, -0.2) is 45.5 Å². The molecular formula is C26H32INO4Si. The van der Waals surface area contributed by atoms with Crippen molar-refractivity contribution >= 4 is 47.4 Å². The van der Waals surface area contributed by atoms with Crippen molar-refractivity contribution < 1.29 is 19.4 Å². The number of nitrogens with zero attached hydrogens (tertiary/aromatic N) is 1. The summed E-state index contributed by atoms with van der Waals surface area (Å²) < 4.78 is 13.3. The van der Waals surface area contributed by atoms with Gasteiger partial charge in [0.15, 0.2) is 5.60 Å². The van der Waals surface area contributed by atoms with E-state index in [4.69, 9.17) is 9.47 Å². The summed E-state index contributed by atoms with van der Waals surface area (Å²) in [6, 6.07) is 14.4. The molecule has 1 spiro atoms. The number of aliphatic hydroxyl groups is 1. The number of amides is 1. The number of hydrogen-bond donors (Lipinski definition) is 1. The molecule has 2 aliphatic heterocycles. The first-order valence-electron chi connectivity index (χ1n) is 11.4. The largest absolute Gasteiger partial charge is 0.497 e. The lowest BCUT2D eigenvalue weighted by Gasteiger charge is -2.37. The minimum Gasteiger partial charge on any atom is -0.497 e. The van der Waals surface area contributed by atoms with Crippen LogP contribution < -0.4 is 14.8 Å². The Kier molecular flexibility index (Phi) is 6.79. The molecule has 1 amide bonds. The third-order valence-electron chi connectivity index (χ3n) is 7.52. The number of carbonyl (C=O) groups excluding carboxylic acids is 1. The highest BCUT2D eigenvalue weighted by Gasteiger charge is 2.66. The summed E-state index contributed by atoms with van der Waals surface area (Å²) in [5.41, 5.74) is 0.954. The zero-order chi connectivity index (χ0) is 24.0. The van der Waals surface area contributed by atoms with E-state index in [-0.39, 0.29) is 30.1 Å². The Balaban J connectivity index is 1.84. The molecule has 7 heteroatoms. The third-order valence-corrected chi connectivity index (χ3v) is 12.6. The van der Waals surface area contributed by atoms with Crippen LogP contribution in [0.5, 0.6) is 5.75 Å². The van der Waals surface area contributed by atoms with Crippen molar-refractivity contribution in [3.05, 3.63) is 64.3 Å². The zero-order valence-electron chi connectivity index (χ0n) is 19.7. The van der Waals surface area contributed by atoms with Crippen molar-refractivity contribution in [3.8, 4) is 5.75 Å². The molecule has 4 rings (SSSR count). The summed E-state index contributed by atoms with van der Waals surface area (Å²) in [5.74, 6) is 0.770. The van der Waals surface area contributed by atoms with Gasteiger partial charge in [0, 0.05) is 28.2 Å². The SMILES string of the molecule is C=CCN1C(=O)[C@]2(O[C@H](CCO)[C@@H]([Si](C)(C)c3ccc(OC)cc3)[C@@H]2C)c2cc(I)ccc21. The highest BCUT2D eigenvalue weighted by molar-refractivity contribution is 14.1. The van der Waals surface area contributed by atoms with Gasteiger partial charge in [0.1, 0.15) is 5.75 Å². The summed E-state index contributed by atoms with van der Waals surface area (Å²) in [7, 11) is -0.457. The first-order valence-corrected chi connectivity index (χ1v) is 15.5. The fourth-order valence-corrected chi connectivity index (χ4v) is 10.5. The second kappa shape index (κ2) is 9.17. The Morgan fingerprint density at radius 3 is 2.58 bits per heavy atom. The molecule has 1 saturated heterocycles. The first-order chi connectivity index (χ1) is 15.7. The Labute approximate surface area is 210 Å². The second-order valence-electron chi connectivity index (χ2n) is 9.53. The highest BCUT2D eigenvalue weighted by atomic mass is 127. The molecule has 33 heavy (non-hydrogen) atoms. The number of rotatable bonds is 7. The quantitative estimate of drug-likeness (QED) is 0.301. The minimum absolute atomic E-state index is 0.0168. The van der Waals surface area contributed by atoms with Crippen LogP contribution in [-0.2, 0) is 15.1 Å². The van der Waals surface area contributed by atoms with E-state index >= 15 is 0 Å². The fraction of sp³-hybridized carbons (Fsp3) is 0.423. The van der Waals surface area contributed by atoms with Crippen LogP contribution in [0.3, 0.4) is 0 Å². The summed E-state index contributed by atoms with van der Waals surface area (Å²) in [6.07, 6.45) is 2.07. The number of fused-ring (bicyclic) bond motifs is 2. The van der Waals surface area contributed by atoms with Crippen molar-refractivity contribution in [3.63, 3.8) is 0 Å². The van der Waals surface area contributed by atoms with Crippen LogP contribution in [0.15, 0.2) is 55.1 Å². The topological polar surface area (TPSA) is 59.0 Å². The molecule has 0 bridgehead atoms. The second-order valence-corrected chi connectivity index (χ2v) is 15.5. The molecule has 0 aromatic heterocycles. The molecule has 1 N–H and O–H groups in total. The molecule has 2 heterocycles. The van der Waals surface area contributed by atoms with Crippen molar-refractivity contribution in [2.75, 3.05) is 25.2 Å². The lowest BCUT2D eigenvalue weighted by atomic mass is 9.82. The zero-order valence-corrected chi connectivity index (χ0v) is 22.8. The van der Waals surface area contributed by atoms with Crippen LogP contribution in [0.25, 0.3) is 0 Å². The van der Waals surface area contributed by atoms with Gasteiger partial charge in [-0.15, -0.1) is 6.58 Å².